The van der Waals surface area contributed by atoms with E-state index in [0.29, 0.717) is 18.0 Å². The zero-order valence-corrected chi connectivity index (χ0v) is 16.6. The molecule has 1 aromatic heterocycles. The van der Waals surface area contributed by atoms with E-state index < -0.39 is 0 Å². The molecule has 2 heterocycles. The van der Waals surface area contributed by atoms with Gasteiger partial charge < -0.3 is 15.2 Å². The van der Waals surface area contributed by atoms with Gasteiger partial charge in [0.25, 0.3) is 0 Å². The summed E-state index contributed by atoms with van der Waals surface area (Å²) >= 11 is 0. The number of unbranched alkanes of at least 4 members (excludes halogenated alkanes) is 1. The Labute approximate surface area is 153 Å². The van der Waals surface area contributed by atoms with Crippen molar-refractivity contribution in [1.29, 1.82) is 0 Å². The summed E-state index contributed by atoms with van der Waals surface area (Å²) < 4.78 is 2.20. The molecule has 2 N–H and O–H groups in total. The molecule has 6 nitrogen and oxygen atoms in total. The van der Waals surface area contributed by atoms with Gasteiger partial charge in [-0.3, -0.25) is 9.89 Å². The smallest absolute Gasteiger partial charge is 0.191 e. The third-order valence-electron chi connectivity index (χ3n) is 5.04. The highest BCUT2D eigenvalue weighted by Crippen LogP contribution is 2.18. The minimum atomic E-state index is 0.480. The van der Waals surface area contributed by atoms with E-state index in [2.05, 4.69) is 59.7 Å². The first-order valence-electron chi connectivity index (χ1n) is 9.77. The van der Waals surface area contributed by atoms with Crippen LogP contribution < -0.4 is 10.6 Å². The first kappa shape index (κ1) is 19.8. The van der Waals surface area contributed by atoms with Gasteiger partial charge in [-0.1, -0.05) is 6.92 Å². The van der Waals surface area contributed by atoms with Crippen molar-refractivity contribution in [2.24, 2.45) is 10.9 Å². The average Bonchev–Trinajstić information content (AvgIpc) is 3.13. The molecule has 1 fully saturated rings. The largest absolute Gasteiger partial charge is 0.357 e. The van der Waals surface area contributed by atoms with E-state index in [0.717, 1.165) is 50.8 Å². The first-order valence-corrected chi connectivity index (χ1v) is 9.77. The van der Waals surface area contributed by atoms with Crippen molar-refractivity contribution in [2.75, 3.05) is 26.2 Å². The molecule has 1 saturated heterocycles. The molecule has 0 radical (unpaired) electrons. The molecule has 0 spiro atoms. The summed E-state index contributed by atoms with van der Waals surface area (Å²) in [4.78, 5) is 11.6. The van der Waals surface area contributed by atoms with Crippen LogP contribution in [0.2, 0.25) is 0 Å². The van der Waals surface area contributed by atoms with Crippen LogP contribution in [0.1, 0.15) is 46.4 Å². The molecule has 0 saturated carbocycles. The van der Waals surface area contributed by atoms with Crippen LogP contribution >= 0.6 is 0 Å². The first-order chi connectivity index (χ1) is 12.0. The molecule has 2 rings (SSSR count). The van der Waals surface area contributed by atoms with Crippen molar-refractivity contribution < 1.29 is 0 Å². The second-order valence-electron chi connectivity index (χ2n) is 7.41. The van der Waals surface area contributed by atoms with Gasteiger partial charge in [0.05, 0.1) is 0 Å². The third-order valence-corrected chi connectivity index (χ3v) is 5.04. The second kappa shape index (κ2) is 9.80. The Morgan fingerprint density at radius 2 is 2.16 bits per heavy atom. The Bertz CT molecular complexity index is 536. The van der Waals surface area contributed by atoms with Crippen molar-refractivity contribution in [1.82, 2.24) is 25.1 Å². The predicted molar refractivity (Wildman–Crippen MR) is 105 cm³/mol. The third kappa shape index (κ3) is 6.03. The lowest BCUT2D eigenvalue weighted by molar-refractivity contribution is 0.265. The number of nitrogens with one attached hydrogen (secondary N) is 2. The number of nitrogens with zero attached hydrogens (tertiary/aromatic N) is 4. The van der Waals surface area contributed by atoms with E-state index in [-0.39, 0.29) is 0 Å². The SMILES string of the molecule is CCNC(=NCCCCn1ccnc1C)NC1CN(C(C)C)CC1C. The lowest BCUT2D eigenvalue weighted by Gasteiger charge is -2.22. The summed E-state index contributed by atoms with van der Waals surface area (Å²) in [7, 11) is 0. The number of rotatable bonds is 8. The monoisotopic (exact) mass is 348 g/mol. The fraction of sp³-hybridized carbons (Fsp3) is 0.789. The molecule has 2 unspecified atom stereocenters. The van der Waals surface area contributed by atoms with Crippen molar-refractivity contribution in [3.05, 3.63) is 18.2 Å². The summed E-state index contributed by atoms with van der Waals surface area (Å²) in [6.07, 6.45) is 6.13. The second-order valence-corrected chi connectivity index (χ2v) is 7.41. The van der Waals surface area contributed by atoms with Crippen LogP contribution in [0.5, 0.6) is 0 Å². The Morgan fingerprint density at radius 1 is 1.36 bits per heavy atom. The number of hydrogen-bond acceptors (Lipinski definition) is 3. The fourth-order valence-corrected chi connectivity index (χ4v) is 3.33. The van der Waals surface area contributed by atoms with E-state index in [1.807, 2.05) is 12.4 Å². The topological polar surface area (TPSA) is 57.5 Å². The minimum Gasteiger partial charge on any atom is -0.357 e. The number of aryl methyl sites for hydroxylation is 2. The molecule has 0 aromatic carbocycles. The number of guanidine groups is 1. The van der Waals surface area contributed by atoms with Gasteiger partial charge in [-0.05, 0) is 46.5 Å². The number of hydrogen-bond donors (Lipinski definition) is 2. The van der Waals surface area contributed by atoms with Gasteiger partial charge in [0, 0.05) is 57.2 Å². The van der Waals surface area contributed by atoms with Crippen LogP contribution in [0.3, 0.4) is 0 Å². The van der Waals surface area contributed by atoms with Crippen LogP contribution in [0.15, 0.2) is 17.4 Å². The maximum absolute atomic E-state index is 4.77. The van der Waals surface area contributed by atoms with Gasteiger partial charge in [0.2, 0.25) is 0 Å². The summed E-state index contributed by atoms with van der Waals surface area (Å²) in [5.74, 6) is 2.70. The Balaban J connectivity index is 1.77. The van der Waals surface area contributed by atoms with E-state index in [9.17, 15) is 0 Å². The quantitative estimate of drug-likeness (QED) is 0.430. The van der Waals surface area contributed by atoms with Gasteiger partial charge in [-0.2, -0.15) is 0 Å². The van der Waals surface area contributed by atoms with Crippen LogP contribution in [-0.4, -0.2) is 58.7 Å². The van der Waals surface area contributed by atoms with E-state index in [1.54, 1.807) is 0 Å². The van der Waals surface area contributed by atoms with Crippen LogP contribution in [0.4, 0.5) is 0 Å². The normalized spacial score (nSPS) is 21.9. The fourth-order valence-electron chi connectivity index (χ4n) is 3.33. The van der Waals surface area contributed by atoms with Crippen LogP contribution in [0, 0.1) is 12.8 Å². The summed E-state index contributed by atoms with van der Waals surface area (Å²) in [5.41, 5.74) is 0. The number of aromatic nitrogens is 2. The summed E-state index contributed by atoms with van der Waals surface area (Å²) in [6, 6.07) is 1.09. The van der Waals surface area contributed by atoms with Gasteiger partial charge in [0.1, 0.15) is 5.82 Å². The van der Waals surface area contributed by atoms with Crippen molar-refractivity contribution >= 4 is 5.96 Å². The maximum Gasteiger partial charge on any atom is 0.191 e. The van der Waals surface area contributed by atoms with Crippen molar-refractivity contribution in [3.63, 3.8) is 0 Å². The molecule has 1 aliphatic heterocycles. The highest BCUT2D eigenvalue weighted by molar-refractivity contribution is 5.80. The molecule has 25 heavy (non-hydrogen) atoms. The molecular weight excluding hydrogens is 312 g/mol. The highest BCUT2D eigenvalue weighted by Gasteiger charge is 2.31. The van der Waals surface area contributed by atoms with Gasteiger partial charge in [-0.15, -0.1) is 0 Å². The molecule has 1 aliphatic rings. The van der Waals surface area contributed by atoms with E-state index >= 15 is 0 Å². The lowest BCUT2D eigenvalue weighted by Crippen LogP contribution is -2.46. The predicted octanol–water partition coefficient (Wildman–Crippen LogP) is 2.26. The Hall–Kier alpha value is -1.56. The standard InChI is InChI=1S/C19H36N6/c1-6-20-19(23-18-14-25(15(2)3)13-16(18)4)22-9-7-8-11-24-12-10-21-17(24)5/h10,12,15-16,18H,6-9,11,13-14H2,1-5H3,(H2,20,22,23). The van der Waals surface area contributed by atoms with Crippen LogP contribution in [-0.2, 0) is 6.54 Å². The molecule has 142 valence electrons. The Kier molecular flexibility index (Phi) is 7.75. The molecular formula is C19H36N6. The van der Waals surface area contributed by atoms with Gasteiger partial charge in [0.15, 0.2) is 5.96 Å². The van der Waals surface area contributed by atoms with E-state index in [4.69, 9.17) is 4.99 Å². The zero-order chi connectivity index (χ0) is 18.2. The number of aliphatic imine (C=N–C) groups is 1. The Morgan fingerprint density at radius 3 is 2.76 bits per heavy atom. The molecule has 0 amide bonds. The van der Waals surface area contributed by atoms with Gasteiger partial charge in [-0.25, -0.2) is 4.98 Å². The highest BCUT2D eigenvalue weighted by atomic mass is 15.3. The van der Waals surface area contributed by atoms with Crippen molar-refractivity contribution in [3.8, 4) is 0 Å². The molecule has 0 aliphatic carbocycles. The number of imidazole rings is 1. The average molecular weight is 349 g/mol. The summed E-state index contributed by atoms with van der Waals surface area (Å²) in [6.45, 7) is 16.1. The molecule has 2 atom stereocenters. The minimum absolute atomic E-state index is 0.480. The molecule has 0 bridgehead atoms. The lowest BCUT2D eigenvalue weighted by atomic mass is 10.1. The summed E-state index contributed by atoms with van der Waals surface area (Å²) in [5, 5.41) is 7.04. The number of likely N-dealkylation sites (tertiary alicyclic amines) is 1. The van der Waals surface area contributed by atoms with Crippen LogP contribution in [0.25, 0.3) is 0 Å². The van der Waals surface area contributed by atoms with Gasteiger partial charge >= 0.3 is 0 Å². The van der Waals surface area contributed by atoms with E-state index in [1.165, 1.54) is 6.54 Å². The maximum atomic E-state index is 4.77. The molecule has 6 heteroatoms. The van der Waals surface area contributed by atoms with Crippen molar-refractivity contribution in [2.45, 2.75) is 66.1 Å². The molecule has 1 aromatic rings. The zero-order valence-electron chi connectivity index (χ0n) is 16.6.